The third-order valence-corrected chi connectivity index (χ3v) is 2.96. The molecule has 0 aromatic heterocycles. The molecular weight excluding hydrogens is 190 g/mol. The molecule has 80 valence electrons. The molecule has 0 spiro atoms. The molecule has 15 heavy (non-hydrogen) atoms. The number of hydrogen-bond donors (Lipinski definition) is 1. The van der Waals surface area contributed by atoms with Crippen molar-refractivity contribution in [3.8, 4) is 0 Å². The molecule has 0 saturated carbocycles. The summed E-state index contributed by atoms with van der Waals surface area (Å²) in [5.41, 5.74) is 0.380. The Kier molecular flexibility index (Phi) is 2.73. The number of rotatable bonds is 2. The van der Waals surface area contributed by atoms with Crippen molar-refractivity contribution in [3.63, 3.8) is 0 Å². The van der Waals surface area contributed by atoms with Crippen LogP contribution in [0.3, 0.4) is 0 Å². The number of ether oxygens (including phenoxy) is 1. The SMILES string of the molecule is COC(=O)C1(c2ccccc2)CCCN1. The fourth-order valence-electron chi connectivity index (χ4n) is 2.18. The summed E-state index contributed by atoms with van der Waals surface area (Å²) in [6.45, 7) is 0.865. The van der Waals surface area contributed by atoms with Crippen LogP contribution < -0.4 is 5.32 Å². The summed E-state index contributed by atoms with van der Waals surface area (Å²) in [4.78, 5) is 11.9. The highest BCUT2D eigenvalue weighted by Gasteiger charge is 2.43. The van der Waals surface area contributed by atoms with Crippen molar-refractivity contribution < 1.29 is 9.53 Å². The molecule has 1 saturated heterocycles. The Bertz CT molecular complexity index is 342. The molecule has 0 amide bonds. The van der Waals surface area contributed by atoms with Crippen LogP contribution in [0.4, 0.5) is 0 Å². The lowest BCUT2D eigenvalue weighted by atomic mass is 9.88. The first-order valence-corrected chi connectivity index (χ1v) is 5.18. The van der Waals surface area contributed by atoms with E-state index in [0.717, 1.165) is 24.9 Å². The molecule has 1 aliphatic rings. The van der Waals surface area contributed by atoms with Gasteiger partial charge in [-0.05, 0) is 24.9 Å². The van der Waals surface area contributed by atoms with Crippen LogP contribution in [0.25, 0.3) is 0 Å². The van der Waals surface area contributed by atoms with Gasteiger partial charge < -0.3 is 4.74 Å². The molecule has 1 unspecified atom stereocenters. The zero-order valence-corrected chi connectivity index (χ0v) is 8.82. The van der Waals surface area contributed by atoms with Gasteiger partial charge in [-0.1, -0.05) is 30.3 Å². The lowest BCUT2D eigenvalue weighted by molar-refractivity contribution is -0.148. The van der Waals surface area contributed by atoms with Crippen molar-refractivity contribution in [3.05, 3.63) is 35.9 Å². The number of benzene rings is 1. The van der Waals surface area contributed by atoms with Crippen LogP contribution in [0.2, 0.25) is 0 Å². The van der Waals surface area contributed by atoms with E-state index in [1.807, 2.05) is 30.3 Å². The topological polar surface area (TPSA) is 38.3 Å². The summed E-state index contributed by atoms with van der Waals surface area (Å²) in [7, 11) is 1.44. The normalized spacial score (nSPS) is 25.1. The quantitative estimate of drug-likeness (QED) is 0.742. The van der Waals surface area contributed by atoms with Gasteiger partial charge in [-0.3, -0.25) is 5.32 Å². The second kappa shape index (κ2) is 4.03. The number of nitrogens with one attached hydrogen (secondary N) is 1. The summed E-state index contributed by atoms with van der Waals surface area (Å²) in [6.07, 6.45) is 1.81. The third-order valence-electron chi connectivity index (χ3n) is 2.96. The third kappa shape index (κ3) is 1.63. The van der Waals surface area contributed by atoms with E-state index >= 15 is 0 Å². The molecule has 0 aliphatic carbocycles. The first-order chi connectivity index (χ1) is 7.29. The van der Waals surface area contributed by atoms with Gasteiger partial charge in [-0.15, -0.1) is 0 Å². The van der Waals surface area contributed by atoms with Crippen LogP contribution in [0.15, 0.2) is 30.3 Å². The maximum atomic E-state index is 11.9. The molecule has 0 bridgehead atoms. The lowest BCUT2D eigenvalue weighted by Crippen LogP contribution is -2.45. The predicted molar refractivity (Wildman–Crippen MR) is 57.4 cm³/mol. The second-order valence-corrected chi connectivity index (χ2v) is 3.79. The van der Waals surface area contributed by atoms with Gasteiger partial charge >= 0.3 is 5.97 Å². The van der Waals surface area contributed by atoms with Crippen molar-refractivity contribution in [1.82, 2.24) is 5.32 Å². The minimum Gasteiger partial charge on any atom is -0.467 e. The zero-order valence-electron chi connectivity index (χ0n) is 8.82. The largest absolute Gasteiger partial charge is 0.467 e. The molecule has 0 radical (unpaired) electrons. The number of esters is 1. The van der Waals surface area contributed by atoms with Gasteiger partial charge in [0.2, 0.25) is 0 Å². The molecule has 1 aromatic rings. The summed E-state index contributed by atoms with van der Waals surface area (Å²) < 4.78 is 4.89. The average Bonchev–Trinajstić information content (AvgIpc) is 2.79. The highest BCUT2D eigenvalue weighted by atomic mass is 16.5. The van der Waals surface area contributed by atoms with E-state index in [2.05, 4.69) is 5.32 Å². The van der Waals surface area contributed by atoms with Crippen LogP contribution in [0.1, 0.15) is 18.4 Å². The van der Waals surface area contributed by atoms with E-state index < -0.39 is 5.54 Å². The van der Waals surface area contributed by atoms with Gasteiger partial charge in [0.05, 0.1) is 7.11 Å². The van der Waals surface area contributed by atoms with E-state index in [4.69, 9.17) is 4.74 Å². The van der Waals surface area contributed by atoms with Gasteiger partial charge in [-0.2, -0.15) is 0 Å². The highest BCUT2D eigenvalue weighted by molar-refractivity contribution is 5.83. The first kappa shape index (κ1) is 10.2. The zero-order chi connectivity index (χ0) is 10.7. The van der Waals surface area contributed by atoms with Gasteiger partial charge in [-0.25, -0.2) is 4.79 Å². The molecule has 1 fully saturated rings. The van der Waals surface area contributed by atoms with Crippen LogP contribution >= 0.6 is 0 Å². The Balaban J connectivity index is 2.39. The average molecular weight is 205 g/mol. The number of hydrogen-bond acceptors (Lipinski definition) is 3. The van der Waals surface area contributed by atoms with Gasteiger partial charge in [0.25, 0.3) is 0 Å². The molecule has 1 atom stereocenters. The number of methoxy groups -OCH3 is 1. The number of carbonyl (C=O) groups excluding carboxylic acids is 1. The van der Waals surface area contributed by atoms with E-state index in [1.54, 1.807) is 0 Å². The van der Waals surface area contributed by atoms with Gasteiger partial charge in [0, 0.05) is 0 Å². The summed E-state index contributed by atoms with van der Waals surface area (Å²) in [6, 6.07) is 9.77. The Morgan fingerprint density at radius 1 is 1.40 bits per heavy atom. The van der Waals surface area contributed by atoms with E-state index in [0.29, 0.717) is 0 Å². The Hall–Kier alpha value is -1.35. The molecule has 2 rings (SSSR count). The van der Waals surface area contributed by atoms with Crippen molar-refractivity contribution >= 4 is 5.97 Å². The summed E-state index contributed by atoms with van der Waals surface area (Å²) in [5.74, 6) is -0.189. The minimum atomic E-state index is -0.615. The molecular formula is C12H15NO2. The van der Waals surface area contributed by atoms with Crippen LogP contribution in [0, 0.1) is 0 Å². The highest BCUT2D eigenvalue weighted by Crippen LogP contribution is 2.31. The van der Waals surface area contributed by atoms with E-state index in [1.165, 1.54) is 7.11 Å². The molecule has 3 heteroatoms. The molecule has 3 nitrogen and oxygen atoms in total. The Morgan fingerprint density at radius 2 is 2.13 bits per heavy atom. The minimum absolute atomic E-state index is 0.189. The molecule has 1 N–H and O–H groups in total. The lowest BCUT2D eigenvalue weighted by Gasteiger charge is -2.26. The Morgan fingerprint density at radius 3 is 2.67 bits per heavy atom. The molecule has 1 aromatic carbocycles. The fourth-order valence-corrected chi connectivity index (χ4v) is 2.18. The fraction of sp³-hybridized carbons (Fsp3) is 0.417. The monoisotopic (exact) mass is 205 g/mol. The van der Waals surface area contributed by atoms with Gasteiger partial charge in [0.1, 0.15) is 5.54 Å². The smallest absolute Gasteiger partial charge is 0.330 e. The van der Waals surface area contributed by atoms with Gasteiger partial charge in [0.15, 0.2) is 0 Å². The van der Waals surface area contributed by atoms with E-state index in [9.17, 15) is 4.79 Å². The maximum absolute atomic E-state index is 11.9. The van der Waals surface area contributed by atoms with Crippen LogP contribution in [0.5, 0.6) is 0 Å². The second-order valence-electron chi connectivity index (χ2n) is 3.79. The Labute approximate surface area is 89.4 Å². The van der Waals surface area contributed by atoms with Crippen molar-refractivity contribution in [1.29, 1.82) is 0 Å². The van der Waals surface area contributed by atoms with Crippen molar-refractivity contribution in [2.75, 3.05) is 13.7 Å². The van der Waals surface area contributed by atoms with Crippen LogP contribution in [-0.4, -0.2) is 19.6 Å². The summed E-state index contributed by atoms with van der Waals surface area (Å²) in [5, 5.41) is 3.26. The molecule has 1 heterocycles. The van der Waals surface area contributed by atoms with Crippen molar-refractivity contribution in [2.45, 2.75) is 18.4 Å². The first-order valence-electron chi connectivity index (χ1n) is 5.18. The standard InChI is InChI=1S/C12H15NO2/c1-15-11(14)12(8-5-9-13-12)10-6-3-2-4-7-10/h2-4,6-7,13H,5,8-9H2,1H3. The van der Waals surface area contributed by atoms with Crippen molar-refractivity contribution in [2.24, 2.45) is 0 Å². The predicted octanol–water partition coefficient (Wildman–Crippen LogP) is 1.44. The van der Waals surface area contributed by atoms with Crippen LogP contribution in [-0.2, 0) is 15.1 Å². The summed E-state index contributed by atoms with van der Waals surface area (Å²) >= 11 is 0. The molecule has 1 aliphatic heterocycles. The number of carbonyl (C=O) groups is 1. The maximum Gasteiger partial charge on any atom is 0.330 e. The van der Waals surface area contributed by atoms with E-state index in [-0.39, 0.29) is 5.97 Å².